The molecule has 1 aromatic carbocycles. The first-order valence-corrected chi connectivity index (χ1v) is 11.8. The van der Waals surface area contributed by atoms with E-state index < -0.39 is 0 Å². The zero-order valence-electron chi connectivity index (χ0n) is 18.0. The molecule has 0 unspecified atom stereocenters. The lowest BCUT2D eigenvalue weighted by atomic mass is 10.1. The summed E-state index contributed by atoms with van der Waals surface area (Å²) in [7, 11) is 2.16. The second-order valence-electron chi connectivity index (χ2n) is 8.18. The average Bonchev–Trinajstić information content (AvgIpc) is 2.77. The third kappa shape index (κ3) is 7.04. The molecule has 2 aliphatic heterocycles. The molecular formula is C22H34BrN5O2. The monoisotopic (exact) mass is 479 g/mol. The normalized spacial score (nSPS) is 18.4. The molecule has 1 N–H and O–H groups in total. The Kier molecular flexibility index (Phi) is 9.11. The minimum atomic E-state index is 0.00258. The van der Waals surface area contributed by atoms with Crippen molar-refractivity contribution in [3.63, 3.8) is 0 Å². The number of carbonyl (C=O) groups excluding carboxylic acids is 2. The number of hydrogen-bond donors (Lipinski definition) is 1. The SMILES string of the molecule is CN1CCN(CCCN(CCC(=O)N2CCNCC2)C(=O)c2cccc(Br)c2)CC1. The van der Waals surface area contributed by atoms with Gasteiger partial charge in [0.05, 0.1) is 0 Å². The third-order valence-corrected chi connectivity index (χ3v) is 6.42. The number of piperazine rings is 2. The summed E-state index contributed by atoms with van der Waals surface area (Å²) in [4.78, 5) is 34.3. The van der Waals surface area contributed by atoms with Crippen LogP contribution in [-0.2, 0) is 4.79 Å². The average molecular weight is 480 g/mol. The summed E-state index contributed by atoms with van der Waals surface area (Å²) in [5, 5.41) is 3.27. The second kappa shape index (κ2) is 11.8. The first-order chi connectivity index (χ1) is 14.5. The van der Waals surface area contributed by atoms with Crippen LogP contribution >= 0.6 is 15.9 Å². The Bertz CT molecular complexity index is 703. The van der Waals surface area contributed by atoms with Crippen molar-refractivity contribution in [2.24, 2.45) is 0 Å². The number of rotatable bonds is 8. The van der Waals surface area contributed by atoms with Crippen molar-refractivity contribution < 1.29 is 9.59 Å². The van der Waals surface area contributed by atoms with Crippen molar-refractivity contribution in [3.8, 4) is 0 Å². The molecule has 2 amide bonds. The fraction of sp³-hybridized carbons (Fsp3) is 0.636. The fourth-order valence-electron chi connectivity index (χ4n) is 3.98. The zero-order valence-corrected chi connectivity index (χ0v) is 19.6. The van der Waals surface area contributed by atoms with Gasteiger partial charge in [0.2, 0.25) is 5.91 Å². The van der Waals surface area contributed by atoms with E-state index in [9.17, 15) is 9.59 Å². The molecule has 2 fully saturated rings. The highest BCUT2D eigenvalue weighted by Gasteiger charge is 2.21. The van der Waals surface area contributed by atoms with Crippen LogP contribution in [0.15, 0.2) is 28.7 Å². The van der Waals surface area contributed by atoms with Crippen LogP contribution < -0.4 is 5.32 Å². The lowest BCUT2D eigenvalue weighted by Gasteiger charge is -2.33. The first kappa shape index (κ1) is 23.2. The van der Waals surface area contributed by atoms with Crippen molar-refractivity contribution in [2.45, 2.75) is 12.8 Å². The molecule has 0 aromatic heterocycles. The molecule has 0 radical (unpaired) electrons. The Labute approximate surface area is 188 Å². The van der Waals surface area contributed by atoms with E-state index in [1.54, 1.807) is 0 Å². The van der Waals surface area contributed by atoms with E-state index in [-0.39, 0.29) is 11.8 Å². The standard InChI is InChI=1S/C22H34BrN5O2/c1-25-14-16-26(17-15-25)9-3-10-28(22(30)19-4-2-5-20(23)18-19)11-6-21(29)27-12-7-24-8-13-27/h2,4-5,18,24H,3,6-17H2,1H3. The van der Waals surface area contributed by atoms with Gasteiger partial charge in [-0.2, -0.15) is 0 Å². The van der Waals surface area contributed by atoms with Gasteiger partial charge < -0.3 is 24.9 Å². The van der Waals surface area contributed by atoms with Crippen LogP contribution in [0.2, 0.25) is 0 Å². The van der Waals surface area contributed by atoms with Gasteiger partial charge in [-0.25, -0.2) is 0 Å². The first-order valence-electron chi connectivity index (χ1n) is 11.0. The smallest absolute Gasteiger partial charge is 0.253 e. The number of nitrogens with one attached hydrogen (secondary N) is 1. The van der Waals surface area contributed by atoms with E-state index in [0.717, 1.165) is 69.8 Å². The van der Waals surface area contributed by atoms with E-state index in [1.165, 1.54) is 0 Å². The lowest BCUT2D eigenvalue weighted by Crippen LogP contribution is -2.47. The lowest BCUT2D eigenvalue weighted by molar-refractivity contribution is -0.131. The summed E-state index contributed by atoms with van der Waals surface area (Å²) < 4.78 is 0.891. The van der Waals surface area contributed by atoms with Crippen molar-refractivity contribution in [3.05, 3.63) is 34.3 Å². The molecule has 0 bridgehead atoms. The van der Waals surface area contributed by atoms with E-state index >= 15 is 0 Å². The van der Waals surface area contributed by atoms with Crippen molar-refractivity contribution in [1.82, 2.24) is 24.9 Å². The maximum Gasteiger partial charge on any atom is 0.253 e. The van der Waals surface area contributed by atoms with Crippen LogP contribution in [0.4, 0.5) is 0 Å². The largest absolute Gasteiger partial charge is 0.340 e. The molecule has 166 valence electrons. The molecule has 8 heteroatoms. The van der Waals surface area contributed by atoms with E-state index in [4.69, 9.17) is 0 Å². The van der Waals surface area contributed by atoms with Gasteiger partial charge in [-0.05, 0) is 38.2 Å². The topological polar surface area (TPSA) is 59.1 Å². The van der Waals surface area contributed by atoms with Crippen LogP contribution in [0, 0.1) is 0 Å². The quantitative estimate of drug-likeness (QED) is 0.609. The molecule has 0 atom stereocenters. The Hall–Kier alpha value is -1.48. The molecule has 2 saturated heterocycles. The molecule has 1 aromatic rings. The van der Waals surface area contributed by atoms with E-state index in [1.807, 2.05) is 34.1 Å². The Morgan fingerprint density at radius 1 is 1.07 bits per heavy atom. The van der Waals surface area contributed by atoms with E-state index in [0.29, 0.717) is 25.1 Å². The molecular weight excluding hydrogens is 446 g/mol. The Morgan fingerprint density at radius 2 is 1.80 bits per heavy atom. The molecule has 3 rings (SSSR count). The molecule has 0 aliphatic carbocycles. The Balaban J connectivity index is 1.56. The highest BCUT2D eigenvalue weighted by atomic mass is 79.9. The number of likely N-dealkylation sites (N-methyl/N-ethyl adjacent to an activating group) is 1. The van der Waals surface area contributed by atoms with Gasteiger partial charge in [-0.1, -0.05) is 22.0 Å². The van der Waals surface area contributed by atoms with Gasteiger partial charge in [-0.3, -0.25) is 9.59 Å². The van der Waals surface area contributed by atoms with Crippen LogP contribution in [0.5, 0.6) is 0 Å². The highest BCUT2D eigenvalue weighted by molar-refractivity contribution is 9.10. The molecule has 30 heavy (non-hydrogen) atoms. The molecule has 2 aliphatic rings. The maximum atomic E-state index is 13.2. The fourth-order valence-corrected chi connectivity index (χ4v) is 4.38. The summed E-state index contributed by atoms with van der Waals surface area (Å²) in [6.07, 6.45) is 1.31. The van der Waals surface area contributed by atoms with E-state index in [2.05, 4.69) is 38.1 Å². The van der Waals surface area contributed by atoms with Gasteiger partial charge in [0.1, 0.15) is 0 Å². The zero-order chi connectivity index (χ0) is 21.3. The van der Waals surface area contributed by atoms with Gasteiger partial charge in [-0.15, -0.1) is 0 Å². The molecule has 0 spiro atoms. The predicted octanol–water partition coefficient (Wildman–Crippen LogP) is 1.35. The summed E-state index contributed by atoms with van der Waals surface area (Å²) in [6.45, 7) is 9.68. The number of hydrogen-bond acceptors (Lipinski definition) is 5. The van der Waals surface area contributed by atoms with Gasteiger partial charge >= 0.3 is 0 Å². The molecule has 2 heterocycles. The van der Waals surface area contributed by atoms with Gasteiger partial charge in [0, 0.05) is 81.9 Å². The van der Waals surface area contributed by atoms with Gasteiger partial charge in [0.25, 0.3) is 5.91 Å². The minimum absolute atomic E-state index is 0.00258. The predicted molar refractivity (Wildman–Crippen MR) is 123 cm³/mol. The van der Waals surface area contributed by atoms with Crippen molar-refractivity contribution in [1.29, 1.82) is 0 Å². The summed E-state index contributed by atoms with van der Waals surface area (Å²) in [5.74, 6) is 0.144. The summed E-state index contributed by atoms with van der Waals surface area (Å²) in [5.41, 5.74) is 0.665. The number of halogens is 1. The van der Waals surface area contributed by atoms with Gasteiger partial charge in [0.15, 0.2) is 0 Å². The Morgan fingerprint density at radius 3 is 2.50 bits per heavy atom. The molecule has 0 saturated carbocycles. The highest BCUT2D eigenvalue weighted by Crippen LogP contribution is 2.15. The number of benzene rings is 1. The minimum Gasteiger partial charge on any atom is -0.340 e. The second-order valence-corrected chi connectivity index (χ2v) is 9.10. The van der Waals surface area contributed by atoms with Crippen LogP contribution in [-0.4, -0.2) is 110 Å². The van der Waals surface area contributed by atoms with Crippen LogP contribution in [0.3, 0.4) is 0 Å². The van der Waals surface area contributed by atoms with Crippen molar-refractivity contribution >= 4 is 27.7 Å². The number of carbonyl (C=O) groups is 2. The van der Waals surface area contributed by atoms with Crippen LogP contribution in [0.25, 0.3) is 0 Å². The molecule has 7 nitrogen and oxygen atoms in total. The number of nitrogens with zero attached hydrogens (tertiary/aromatic N) is 4. The summed E-state index contributed by atoms with van der Waals surface area (Å²) in [6, 6.07) is 7.50. The van der Waals surface area contributed by atoms with Crippen molar-refractivity contribution in [2.75, 3.05) is 79.0 Å². The summed E-state index contributed by atoms with van der Waals surface area (Å²) >= 11 is 3.46. The maximum absolute atomic E-state index is 13.2. The number of amides is 2. The third-order valence-electron chi connectivity index (χ3n) is 5.92. The van der Waals surface area contributed by atoms with Crippen LogP contribution in [0.1, 0.15) is 23.2 Å².